The quantitative estimate of drug-likeness (QED) is 0.700. The van der Waals surface area contributed by atoms with Crippen LogP contribution in [0.15, 0.2) is 42.6 Å². The van der Waals surface area contributed by atoms with E-state index in [9.17, 15) is 4.79 Å². The van der Waals surface area contributed by atoms with Crippen LogP contribution in [0.25, 0.3) is 0 Å². The zero-order valence-corrected chi connectivity index (χ0v) is 16.7. The van der Waals surface area contributed by atoms with Gasteiger partial charge in [-0.05, 0) is 23.8 Å². The van der Waals surface area contributed by atoms with Gasteiger partial charge < -0.3 is 24.3 Å². The first-order chi connectivity index (χ1) is 14.7. The number of hydrogen-bond acceptors (Lipinski definition) is 6. The Bertz CT molecular complexity index is 1120. The lowest BCUT2D eigenvalue weighted by atomic mass is 9.86. The van der Waals surface area contributed by atoms with Crippen molar-refractivity contribution in [3.8, 4) is 23.0 Å². The average molecular weight is 407 g/mol. The van der Waals surface area contributed by atoms with Gasteiger partial charge in [-0.1, -0.05) is 18.2 Å². The third kappa shape index (κ3) is 3.01. The molecule has 8 heteroatoms. The van der Waals surface area contributed by atoms with Gasteiger partial charge in [-0.25, -0.2) is 4.68 Å². The van der Waals surface area contributed by atoms with Crippen LogP contribution >= 0.6 is 0 Å². The third-order valence-corrected chi connectivity index (χ3v) is 5.47. The van der Waals surface area contributed by atoms with E-state index in [0.29, 0.717) is 30.3 Å². The molecular formula is C22H21N3O5. The number of para-hydroxylation sites is 1. The van der Waals surface area contributed by atoms with E-state index >= 15 is 0 Å². The van der Waals surface area contributed by atoms with Crippen LogP contribution in [0.4, 0.5) is 5.82 Å². The van der Waals surface area contributed by atoms with Crippen LogP contribution in [0.1, 0.15) is 29.0 Å². The number of amides is 1. The minimum absolute atomic E-state index is 0.0650. The van der Waals surface area contributed by atoms with Gasteiger partial charge in [0, 0.05) is 23.5 Å². The van der Waals surface area contributed by atoms with E-state index in [4.69, 9.17) is 18.9 Å². The lowest BCUT2D eigenvalue weighted by Crippen LogP contribution is -2.25. The Balaban J connectivity index is 1.52. The van der Waals surface area contributed by atoms with Crippen LogP contribution in [0, 0.1) is 0 Å². The second-order valence-electron chi connectivity index (χ2n) is 7.18. The topological polar surface area (TPSA) is 83.8 Å². The van der Waals surface area contributed by atoms with Crippen LogP contribution in [-0.4, -0.2) is 36.7 Å². The number of carbonyl (C=O) groups excluding carboxylic acids is 1. The lowest BCUT2D eigenvalue weighted by molar-refractivity contribution is -0.116. The Labute approximate surface area is 173 Å². The standard InChI is InChI=1S/C22H21N3O5/c1-27-18-5-3-4-14(21(18)28-2)15-9-20(26)24-22-16(15)10-23-25(22)11-13-6-7-17-19(8-13)30-12-29-17/h3-8,10,15H,9,11-12H2,1-2H3,(H,24,26)/t15-/m0/s1. The Hall–Kier alpha value is -3.68. The molecule has 0 saturated heterocycles. The van der Waals surface area contributed by atoms with Gasteiger partial charge in [0.1, 0.15) is 5.82 Å². The number of nitrogens with zero attached hydrogens (tertiary/aromatic N) is 2. The minimum Gasteiger partial charge on any atom is -0.493 e. The van der Waals surface area contributed by atoms with Gasteiger partial charge >= 0.3 is 0 Å². The number of fused-ring (bicyclic) bond motifs is 2. The van der Waals surface area contributed by atoms with Crippen molar-refractivity contribution >= 4 is 11.7 Å². The van der Waals surface area contributed by atoms with Crippen molar-refractivity contribution in [2.45, 2.75) is 18.9 Å². The van der Waals surface area contributed by atoms with Crippen molar-refractivity contribution in [2.24, 2.45) is 0 Å². The highest BCUT2D eigenvalue weighted by atomic mass is 16.7. The predicted molar refractivity (Wildman–Crippen MR) is 109 cm³/mol. The first kappa shape index (κ1) is 18.4. The maximum atomic E-state index is 12.6. The molecule has 0 bridgehead atoms. The molecule has 1 N–H and O–H groups in total. The number of carbonyl (C=O) groups is 1. The van der Waals surface area contributed by atoms with Crippen LogP contribution in [0.5, 0.6) is 23.0 Å². The summed E-state index contributed by atoms with van der Waals surface area (Å²) in [6.45, 7) is 0.726. The van der Waals surface area contributed by atoms with Crippen molar-refractivity contribution in [3.63, 3.8) is 0 Å². The Morgan fingerprint density at radius 2 is 2.00 bits per heavy atom. The molecule has 5 rings (SSSR count). The number of nitrogens with one attached hydrogen (secondary N) is 1. The Kier molecular flexibility index (Phi) is 4.46. The van der Waals surface area contributed by atoms with Crippen LogP contribution < -0.4 is 24.3 Å². The molecule has 1 atom stereocenters. The molecule has 1 amide bonds. The van der Waals surface area contributed by atoms with E-state index in [-0.39, 0.29) is 18.6 Å². The molecule has 0 fully saturated rings. The van der Waals surface area contributed by atoms with Gasteiger partial charge in [0.25, 0.3) is 0 Å². The molecule has 2 aromatic carbocycles. The van der Waals surface area contributed by atoms with E-state index < -0.39 is 0 Å². The van der Waals surface area contributed by atoms with Gasteiger partial charge in [-0.3, -0.25) is 4.79 Å². The summed E-state index contributed by atoms with van der Waals surface area (Å²) in [5.41, 5.74) is 2.85. The zero-order valence-electron chi connectivity index (χ0n) is 16.7. The normalized spacial score (nSPS) is 16.7. The summed E-state index contributed by atoms with van der Waals surface area (Å²) in [5, 5.41) is 7.53. The fourth-order valence-electron chi connectivity index (χ4n) is 4.07. The van der Waals surface area contributed by atoms with E-state index in [1.165, 1.54) is 0 Å². The molecule has 3 heterocycles. The molecule has 0 spiro atoms. The summed E-state index contributed by atoms with van der Waals surface area (Å²) in [6, 6.07) is 11.5. The number of methoxy groups -OCH3 is 2. The summed E-state index contributed by atoms with van der Waals surface area (Å²) < 4.78 is 23.7. The van der Waals surface area contributed by atoms with E-state index in [2.05, 4.69) is 10.4 Å². The largest absolute Gasteiger partial charge is 0.493 e. The van der Waals surface area contributed by atoms with Gasteiger partial charge in [0.05, 0.1) is 27.0 Å². The number of hydrogen-bond donors (Lipinski definition) is 1. The van der Waals surface area contributed by atoms with Crippen molar-refractivity contribution < 1.29 is 23.7 Å². The summed E-state index contributed by atoms with van der Waals surface area (Å²) in [7, 11) is 3.21. The van der Waals surface area contributed by atoms with Gasteiger partial charge in [-0.2, -0.15) is 5.10 Å². The van der Waals surface area contributed by atoms with Crippen molar-refractivity contribution in [1.29, 1.82) is 0 Å². The third-order valence-electron chi connectivity index (χ3n) is 5.47. The first-order valence-corrected chi connectivity index (χ1v) is 9.63. The first-order valence-electron chi connectivity index (χ1n) is 9.63. The molecule has 0 saturated carbocycles. The molecule has 2 aliphatic heterocycles. The highest BCUT2D eigenvalue weighted by Gasteiger charge is 2.32. The number of benzene rings is 2. The summed E-state index contributed by atoms with van der Waals surface area (Å²) >= 11 is 0. The molecule has 0 aliphatic carbocycles. The molecule has 0 radical (unpaired) electrons. The SMILES string of the molecule is COc1cccc([C@@H]2CC(=O)Nc3c2cnn3Cc2ccc3c(c2)OCO3)c1OC. The summed E-state index contributed by atoms with van der Waals surface area (Å²) in [6.07, 6.45) is 2.12. The predicted octanol–water partition coefficient (Wildman–Crippen LogP) is 3.15. The summed E-state index contributed by atoms with van der Waals surface area (Å²) in [4.78, 5) is 12.6. The molecule has 1 aromatic heterocycles. The summed E-state index contributed by atoms with van der Waals surface area (Å²) in [5.74, 6) is 3.17. The lowest BCUT2D eigenvalue weighted by Gasteiger charge is -2.25. The Morgan fingerprint density at radius 1 is 1.13 bits per heavy atom. The van der Waals surface area contributed by atoms with Crippen molar-refractivity contribution in [2.75, 3.05) is 26.3 Å². The fourth-order valence-corrected chi connectivity index (χ4v) is 4.07. The zero-order chi connectivity index (χ0) is 20.7. The highest BCUT2D eigenvalue weighted by molar-refractivity contribution is 5.94. The van der Waals surface area contributed by atoms with Crippen LogP contribution in [-0.2, 0) is 11.3 Å². The smallest absolute Gasteiger partial charge is 0.231 e. The van der Waals surface area contributed by atoms with Crippen LogP contribution in [0.3, 0.4) is 0 Å². The maximum Gasteiger partial charge on any atom is 0.231 e. The maximum absolute atomic E-state index is 12.6. The number of aromatic nitrogens is 2. The van der Waals surface area contributed by atoms with Crippen molar-refractivity contribution in [1.82, 2.24) is 9.78 Å². The van der Waals surface area contributed by atoms with E-state index in [0.717, 1.165) is 28.2 Å². The van der Waals surface area contributed by atoms with Crippen molar-refractivity contribution in [3.05, 3.63) is 59.3 Å². The molecule has 8 nitrogen and oxygen atoms in total. The molecule has 30 heavy (non-hydrogen) atoms. The van der Waals surface area contributed by atoms with E-state index in [1.807, 2.05) is 42.6 Å². The van der Waals surface area contributed by atoms with Gasteiger partial charge in [-0.15, -0.1) is 0 Å². The fraction of sp³-hybridized carbons (Fsp3) is 0.273. The van der Waals surface area contributed by atoms with E-state index in [1.54, 1.807) is 18.9 Å². The average Bonchev–Trinajstić information content (AvgIpc) is 3.39. The molecule has 0 unspecified atom stereocenters. The molecule has 2 aliphatic rings. The molecule has 3 aromatic rings. The second-order valence-corrected chi connectivity index (χ2v) is 7.18. The number of rotatable bonds is 5. The van der Waals surface area contributed by atoms with Gasteiger partial charge in [0.15, 0.2) is 23.0 Å². The Morgan fingerprint density at radius 3 is 2.83 bits per heavy atom. The van der Waals surface area contributed by atoms with Crippen LogP contribution in [0.2, 0.25) is 0 Å². The minimum atomic E-state index is -0.177. The number of anilines is 1. The monoisotopic (exact) mass is 407 g/mol. The second kappa shape index (κ2) is 7.29. The number of ether oxygens (including phenoxy) is 4. The molecule has 154 valence electrons. The highest BCUT2D eigenvalue weighted by Crippen LogP contribution is 2.44. The molecular weight excluding hydrogens is 386 g/mol. The van der Waals surface area contributed by atoms with Gasteiger partial charge in [0.2, 0.25) is 12.7 Å².